The molecule has 15 heavy (non-hydrogen) atoms. The molecule has 84 valence electrons. The first-order valence-corrected chi connectivity index (χ1v) is 5.22. The standard InChI is InChI=1S/C10H12BrF2NO/c1-15-9-6-7(11)2-3-8(9)10(12,13)4-5-14/h2-3,6H,4-5,14H2,1H3. The van der Waals surface area contributed by atoms with Gasteiger partial charge in [0.25, 0.3) is 5.92 Å². The zero-order chi connectivity index (χ0) is 11.5. The number of rotatable bonds is 4. The van der Waals surface area contributed by atoms with Gasteiger partial charge in [-0.1, -0.05) is 15.9 Å². The van der Waals surface area contributed by atoms with E-state index in [9.17, 15) is 8.78 Å². The second kappa shape index (κ2) is 4.90. The number of nitrogens with two attached hydrogens (primary N) is 1. The normalized spacial score (nSPS) is 11.5. The van der Waals surface area contributed by atoms with Gasteiger partial charge in [-0.2, -0.15) is 0 Å². The molecular formula is C10H12BrF2NO. The highest BCUT2D eigenvalue weighted by Crippen LogP contribution is 2.38. The summed E-state index contributed by atoms with van der Waals surface area (Å²) in [4.78, 5) is 0. The maximum absolute atomic E-state index is 13.6. The number of hydrogen-bond donors (Lipinski definition) is 1. The van der Waals surface area contributed by atoms with Crippen molar-refractivity contribution in [1.82, 2.24) is 0 Å². The van der Waals surface area contributed by atoms with E-state index in [-0.39, 0.29) is 24.3 Å². The lowest BCUT2D eigenvalue weighted by atomic mass is 10.0. The van der Waals surface area contributed by atoms with Gasteiger partial charge in [0.2, 0.25) is 0 Å². The molecule has 0 unspecified atom stereocenters. The lowest BCUT2D eigenvalue weighted by Crippen LogP contribution is -2.19. The van der Waals surface area contributed by atoms with E-state index in [1.165, 1.54) is 19.2 Å². The Hall–Kier alpha value is -0.680. The molecule has 0 aliphatic heterocycles. The fraction of sp³-hybridized carbons (Fsp3) is 0.400. The van der Waals surface area contributed by atoms with Crippen LogP contribution in [-0.2, 0) is 5.92 Å². The molecule has 0 aliphatic rings. The highest BCUT2D eigenvalue weighted by atomic mass is 79.9. The number of methoxy groups -OCH3 is 1. The molecule has 0 bridgehead atoms. The Morgan fingerprint density at radius 2 is 2.13 bits per heavy atom. The molecule has 5 heteroatoms. The first-order valence-electron chi connectivity index (χ1n) is 4.43. The van der Waals surface area contributed by atoms with Crippen LogP contribution in [0.5, 0.6) is 5.75 Å². The largest absolute Gasteiger partial charge is 0.496 e. The molecule has 0 aromatic heterocycles. The van der Waals surface area contributed by atoms with Gasteiger partial charge in [0.15, 0.2) is 0 Å². The number of hydrogen-bond acceptors (Lipinski definition) is 2. The Morgan fingerprint density at radius 3 is 2.67 bits per heavy atom. The third-order valence-electron chi connectivity index (χ3n) is 2.02. The summed E-state index contributed by atoms with van der Waals surface area (Å²) in [5.74, 6) is -2.77. The molecule has 1 aromatic carbocycles. The minimum atomic E-state index is -2.94. The maximum atomic E-state index is 13.6. The topological polar surface area (TPSA) is 35.2 Å². The summed E-state index contributed by atoms with van der Waals surface area (Å²) >= 11 is 3.19. The van der Waals surface area contributed by atoms with E-state index in [0.29, 0.717) is 4.47 Å². The number of halogens is 3. The van der Waals surface area contributed by atoms with Gasteiger partial charge in [0.05, 0.1) is 12.7 Å². The van der Waals surface area contributed by atoms with Gasteiger partial charge < -0.3 is 10.5 Å². The molecular weight excluding hydrogens is 268 g/mol. The molecule has 1 rings (SSSR count). The Balaban J connectivity index is 3.12. The van der Waals surface area contributed by atoms with Crippen LogP contribution in [0.15, 0.2) is 22.7 Å². The Bertz CT molecular complexity index is 344. The molecule has 1 aromatic rings. The molecule has 0 radical (unpaired) electrons. The van der Waals surface area contributed by atoms with Gasteiger partial charge in [0.1, 0.15) is 5.75 Å². The van der Waals surface area contributed by atoms with Crippen molar-refractivity contribution in [3.8, 4) is 5.75 Å². The van der Waals surface area contributed by atoms with E-state index in [4.69, 9.17) is 10.5 Å². The minimum Gasteiger partial charge on any atom is -0.496 e. The Morgan fingerprint density at radius 1 is 1.47 bits per heavy atom. The van der Waals surface area contributed by atoms with Crippen LogP contribution in [0.4, 0.5) is 8.78 Å². The van der Waals surface area contributed by atoms with Gasteiger partial charge in [-0.05, 0) is 24.7 Å². The average Bonchev–Trinajstić information content (AvgIpc) is 2.17. The first-order chi connectivity index (χ1) is 7.01. The fourth-order valence-electron chi connectivity index (χ4n) is 1.28. The predicted molar refractivity (Wildman–Crippen MR) is 58.3 cm³/mol. The van der Waals surface area contributed by atoms with Crippen LogP contribution in [0.1, 0.15) is 12.0 Å². The molecule has 0 aliphatic carbocycles. The van der Waals surface area contributed by atoms with E-state index in [1.807, 2.05) is 0 Å². The number of benzene rings is 1. The Kier molecular flexibility index (Phi) is 4.04. The third kappa shape index (κ3) is 2.89. The molecule has 0 saturated heterocycles. The number of ether oxygens (including phenoxy) is 1. The van der Waals surface area contributed by atoms with E-state index in [1.54, 1.807) is 6.07 Å². The molecule has 0 amide bonds. The summed E-state index contributed by atoms with van der Waals surface area (Å²) in [6.45, 7) is -0.0633. The summed E-state index contributed by atoms with van der Waals surface area (Å²) in [6.07, 6.45) is -0.384. The fourth-order valence-corrected chi connectivity index (χ4v) is 1.62. The van der Waals surface area contributed by atoms with Crippen molar-refractivity contribution in [1.29, 1.82) is 0 Å². The average molecular weight is 280 g/mol. The summed E-state index contributed by atoms with van der Waals surface area (Å²) < 4.78 is 32.7. The third-order valence-corrected chi connectivity index (χ3v) is 2.51. The van der Waals surface area contributed by atoms with E-state index >= 15 is 0 Å². The van der Waals surface area contributed by atoms with Gasteiger partial charge in [-0.25, -0.2) is 8.78 Å². The van der Waals surface area contributed by atoms with Crippen molar-refractivity contribution in [3.05, 3.63) is 28.2 Å². The van der Waals surface area contributed by atoms with Gasteiger partial charge in [-0.3, -0.25) is 0 Å². The summed E-state index contributed by atoms with van der Waals surface area (Å²) in [7, 11) is 1.36. The summed E-state index contributed by atoms with van der Waals surface area (Å²) in [5.41, 5.74) is 5.02. The zero-order valence-electron chi connectivity index (χ0n) is 8.27. The molecule has 0 fully saturated rings. The second-order valence-electron chi connectivity index (χ2n) is 3.09. The van der Waals surface area contributed by atoms with Crippen molar-refractivity contribution in [2.45, 2.75) is 12.3 Å². The zero-order valence-corrected chi connectivity index (χ0v) is 9.85. The van der Waals surface area contributed by atoms with Crippen LogP contribution in [0.2, 0.25) is 0 Å². The summed E-state index contributed by atoms with van der Waals surface area (Å²) in [5, 5.41) is 0. The van der Waals surface area contributed by atoms with Crippen molar-refractivity contribution in [2.24, 2.45) is 5.73 Å². The minimum absolute atomic E-state index is 0.0633. The van der Waals surface area contributed by atoms with Crippen molar-refractivity contribution >= 4 is 15.9 Å². The molecule has 0 atom stereocenters. The van der Waals surface area contributed by atoms with Crippen molar-refractivity contribution in [2.75, 3.05) is 13.7 Å². The molecule has 0 saturated carbocycles. The van der Waals surface area contributed by atoms with Crippen LogP contribution in [0.3, 0.4) is 0 Å². The highest BCUT2D eigenvalue weighted by molar-refractivity contribution is 9.10. The monoisotopic (exact) mass is 279 g/mol. The molecule has 2 N–H and O–H groups in total. The van der Waals surface area contributed by atoms with Crippen molar-refractivity contribution in [3.63, 3.8) is 0 Å². The summed E-state index contributed by atoms with van der Waals surface area (Å²) in [6, 6.07) is 4.42. The second-order valence-corrected chi connectivity index (χ2v) is 4.00. The SMILES string of the molecule is COc1cc(Br)ccc1C(F)(F)CCN. The lowest BCUT2D eigenvalue weighted by molar-refractivity contribution is -0.0128. The van der Waals surface area contributed by atoms with Crippen molar-refractivity contribution < 1.29 is 13.5 Å². The van der Waals surface area contributed by atoms with Gasteiger partial charge >= 0.3 is 0 Å². The maximum Gasteiger partial charge on any atom is 0.278 e. The van der Waals surface area contributed by atoms with Crippen LogP contribution >= 0.6 is 15.9 Å². The van der Waals surface area contributed by atoms with E-state index in [2.05, 4.69) is 15.9 Å². The first kappa shape index (κ1) is 12.4. The Labute approximate surface area is 95.5 Å². The van der Waals surface area contributed by atoms with Gasteiger partial charge in [0, 0.05) is 10.9 Å². The van der Waals surface area contributed by atoms with E-state index < -0.39 is 5.92 Å². The van der Waals surface area contributed by atoms with Crippen LogP contribution in [-0.4, -0.2) is 13.7 Å². The molecule has 0 heterocycles. The highest BCUT2D eigenvalue weighted by Gasteiger charge is 2.33. The van der Waals surface area contributed by atoms with Crippen LogP contribution in [0, 0.1) is 0 Å². The number of alkyl halides is 2. The molecule has 0 spiro atoms. The molecule has 2 nitrogen and oxygen atoms in total. The predicted octanol–water partition coefficient (Wildman–Crippen LogP) is 2.90. The quantitative estimate of drug-likeness (QED) is 0.920. The van der Waals surface area contributed by atoms with E-state index in [0.717, 1.165) is 0 Å². The smallest absolute Gasteiger partial charge is 0.278 e. The lowest BCUT2D eigenvalue weighted by Gasteiger charge is -2.18. The van der Waals surface area contributed by atoms with Gasteiger partial charge in [-0.15, -0.1) is 0 Å². The van der Waals surface area contributed by atoms with Crippen LogP contribution in [0.25, 0.3) is 0 Å². The van der Waals surface area contributed by atoms with Crippen LogP contribution < -0.4 is 10.5 Å².